The largest absolute Gasteiger partial charge is 2.00 e. The number of methoxy groups -OCH3 is 6. The van der Waals surface area contributed by atoms with Crippen LogP contribution in [0.15, 0.2) is 66.7 Å². The minimum Gasteiger partial charge on any atom is -1.00 e. The van der Waals surface area contributed by atoms with Gasteiger partial charge in [-0.25, -0.2) is 4.39 Å². The predicted molar refractivity (Wildman–Crippen MR) is 290 cm³/mol. The first-order valence-electron chi connectivity index (χ1n) is 23.0. The normalized spacial score (nSPS) is 10.0. The maximum atomic E-state index is 12.8. The summed E-state index contributed by atoms with van der Waals surface area (Å²) in [5, 5.41) is 0. The second kappa shape index (κ2) is 37.0. The average molecular weight is 1130 g/mol. The third kappa shape index (κ3) is 23.1. The Morgan fingerprint density at radius 3 is 1.23 bits per heavy atom. The van der Waals surface area contributed by atoms with Crippen molar-refractivity contribution in [1.29, 1.82) is 0 Å². The quantitative estimate of drug-likeness (QED) is 0.0628. The molecule has 0 spiro atoms. The average Bonchev–Trinajstić information content (AvgIpc) is 3.31. The minimum atomic E-state index is -0.410. The van der Waals surface area contributed by atoms with E-state index in [2.05, 4.69) is 162 Å². The van der Waals surface area contributed by atoms with Crippen LogP contribution in [0.4, 0.5) is 4.39 Å². The van der Waals surface area contributed by atoms with E-state index in [0.717, 1.165) is 27.1 Å². The number of hydrogen-bond acceptors (Lipinski definition) is 6. The molecule has 0 radical (unpaired) electrons. The number of ether oxygens (including phenoxy) is 6. The Bertz CT molecular complexity index is 2040. The van der Waals surface area contributed by atoms with Crippen LogP contribution in [-0.4, -0.2) is 65.7 Å². The summed E-state index contributed by atoms with van der Waals surface area (Å²) in [6, 6.07) is 30.4. The van der Waals surface area contributed by atoms with Crippen LogP contribution in [0.2, 0.25) is 0 Å². The second-order valence-electron chi connectivity index (χ2n) is 17.6. The van der Waals surface area contributed by atoms with Crippen molar-refractivity contribution in [2.24, 2.45) is 0 Å². The summed E-state index contributed by atoms with van der Waals surface area (Å²) >= 11 is 2.39. The van der Waals surface area contributed by atoms with E-state index in [4.69, 9.17) is 28.4 Å². The van der Waals surface area contributed by atoms with Crippen LogP contribution in [0.3, 0.4) is 0 Å². The monoisotopic (exact) mass is 1130 g/mol. The second-order valence-corrected chi connectivity index (χ2v) is 18.6. The van der Waals surface area contributed by atoms with Gasteiger partial charge in [0.1, 0.15) is 17.2 Å². The summed E-state index contributed by atoms with van der Waals surface area (Å²) in [5.74, 6) is 6.53. The molecule has 0 saturated carbocycles. The topological polar surface area (TPSA) is 55.4 Å². The molecule has 0 aromatic heterocycles. The molecule has 0 N–H and O–H groups in total. The van der Waals surface area contributed by atoms with Crippen molar-refractivity contribution >= 4 is 45.6 Å². The Kier molecular flexibility index (Phi) is 37.8. The summed E-state index contributed by atoms with van der Waals surface area (Å²) in [7, 11) is 9.56. The van der Waals surface area contributed by atoms with Gasteiger partial charge in [-0.05, 0) is 129 Å². The number of halogens is 3. The van der Waals surface area contributed by atoms with Crippen LogP contribution in [0.1, 0.15) is 172 Å². The fraction of sp³-hybridized carbons (Fsp3) is 0.466. The van der Waals surface area contributed by atoms with E-state index in [1.807, 2.05) is 12.1 Å². The zero-order chi connectivity index (χ0) is 50.3. The maximum Gasteiger partial charge on any atom is 2.00 e. The van der Waals surface area contributed by atoms with Crippen molar-refractivity contribution in [1.82, 2.24) is 0 Å². The fourth-order valence-electron chi connectivity index (χ4n) is 6.31. The summed E-state index contributed by atoms with van der Waals surface area (Å²) in [6.07, 6.45) is 2.28. The van der Waals surface area contributed by atoms with Crippen LogP contribution in [0, 0.1) is 34.5 Å². The molecule has 5 aromatic carbocycles. The standard InChI is InChI=1S/C23H31IO2.C15H23.C8H9FO2.C8H8O2.C4H9.BrH.Li.Mg/c1-13(2)16-11-17(14(3)4)21(18(12-16)15(5)6)22-19(25-7)9-10-20(26-8)23(22)24;1-10(2)13-7-14(11(3)4)9-15(8-13)12(5)6;1-10-6-3-4-8(11-2)7(9)5-6;1-9-7-3-5-8(10-2)6-4-7;1-3-4-2;;;/h9-15H,1-8H3;7-8,10-12H,1-6H3;3-5H,1-2H3;3,5H,1-2H3;1,3-4H2,2H3;1H;;/q;-1;;;-1;;+1;+2/p-1. The first-order chi connectivity index (χ1) is 31.2. The molecule has 0 atom stereocenters. The van der Waals surface area contributed by atoms with Gasteiger partial charge >= 0.3 is 41.9 Å². The predicted octanol–water partition coefficient (Wildman–Crippen LogP) is 10.6. The van der Waals surface area contributed by atoms with Crippen LogP contribution in [0.5, 0.6) is 34.5 Å². The molecule has 0 aliphatic heterocycles. The van der Waals surface area contributed by atoms with E-state index in [9.17, 15) is 4.39 Å². The molecular formula is C58H80BrFILiMgO6. The van der Waals surface area contributed by atoms with Gasteiger partial charge in [0.2, 0.25) is 0 Å². The summed E-state index contributed by atoms with van der Waals surface area (Å²) < 4.78 is 44.6. The van der Waals surface area contributed by atoms with Crippen molar-refractivity contribution in [3.8, 4) is 45.6 Å². The molecule has 0 aliphatic carbocycles. The van der Waals surface area contributed by atoms with Crippen LogP contribution in [-0.2, 0) is 0 Å². The van der Waals surface area contributed by atoms with Crippen molar-refractivity contribution < 1.29 is 68.7 Å². The number of unbranched alkanes of at least 4 members (excludes halogenated alkanes) is 1. The van der Waals surface area contributed by atoms with Gasteiger partial charge in [-0.15, -0.1) is 0 Å². The Hall–Kier alpha value is -2.78. The zero-order valence-electron chi connectivity index (χ0n) is 45.7. The molecule has 69 heavy (non-hydrogen) atoms. The Labute approximate surface area is 471 Å². The van der Waals surface area contributed by atoms with Gasteiger partial charge in [-0.3, -0.25) is 0 Å². The van der Waals surface area contributed by atoms with Gasteiger partial charge in [0, 0.05) is 11.6 Å². The third-order valence-electron chi connectivity index (χ3n) is 10.6. The number of hydrogen-bond donors (Lipinski definition) is 0. The van der Waals surface area contributed by atoms with E-state index in [-0.39, 0.29) is 64.6 Å². The summed E-state index contributed by atoms with van der Waals surface area (Å²) in [6.45, 7) is 32.8. The minimum absolute atomic E-state index is 0. The van der Waals surface area contributed by atoms with Crippen LogP contribution < -0.4 is 64.3 Å². The van der Waals surface area contributed by atoms with Gasteiger partial charge < -0.3 is 52.3 Å². The van der Waals surface area contributed by atoms with Crippen molar-refractivity contribution in [3.05, 3.63) is 135 Å². The molecule has 0 bridgehead atoms. The van der Waals surface area contributed by atoms with E-state index >= 15 is 0 Å². The van der Waals surface area contributed by atoms with E-state index in [1.165, 1.54) is 71.7 Å². The molecule has 0 saturated heterocycles. The zero-order valence-corrected chi connectivity index (χ0v) is 50.9. The smallest absolute Gasteiger partial charge is 1.00 e. The fourth-order valence-corrected chi connectivity index (χ4v) is 7.24. The molecule has 0 unspecified atom stereocenters. The van der Waals surface area contributed by atoms with E-state index in [1.54, 1.807) is 46.6 Å². The molecule has 11 heteroatoms. The van der Waals surface area contributed by atoms with Crippen LogP contribution >= 0.6 is 22.6 Å². The molecule has 6 nitrogen and oxygen atoms in total. The van der Waals surface area contributed by atoms with E-state index in [0.29, 0.717) is 52.8 Å². The molecule has 0 aliphatic rings. The number of rotatable bonds is 14. The molecule has 5 rings (SSSR count). The van der Waals surface area contributed by atoms with Gasteiger partial charge in [0.05, 0.1) is 46.2 Å². The van der Waals surface area contributed by atoms with Crippen molar-refractivity contribution in [3.63, 3.8) is 0 Å². The molecule has 5 aromatic rings. The van der Waals surface area contributed by atoms with E-state index < -0.39 is 5.82 Å². The molecular weight excluding hydrogens is 1050 g/mol. The van der Waals surface area contributed by atoms with Crippen molar-refractivity contribution in [2.45, 2.75) is 138 Å². The third-order valence-corrected chi connectivity index (χ3v) is 11.7. The van der Waals surface area contributed by atoms with Gasteiger partial charge in [0.15, 0.2) is 23.1 Å². The van der Waals surface area contributed by atoms with Crippen LogP contribution in [0.25, 0.3) is 11.1 Å². The summed E-state index contributed by atoms with van der Waals surface area (Å²) in [5.41, 5.74) is 10.8. The molecule has 0 fully saturated rings. The first kappa shape index (κ1) is 70.5. The first-order valence-corrected chi connectivity index (χ1v) is 24.1. The summed E-state index contributed by atoms with van der Waals surface area (Å²) in [4.78, 5) is 0. The molecule has 0 amide bonds. The maximum absolute atomic E-state index is 12.8. The SMILES string of the molecule is CC(C)c1[c-]c(C(C)C)cc(C(C)C)c1.COc1c#cc(OC)cc1.COc1ccc(OC)c(-c2c(C(C)C)cc(C(C)C)cc2C(C)C)c1I.COc1ccc(OC)c(F)c1.[Br-].[CH2-]CCC.[Li+].[Mg+2]. The van der Waals surface area contributed by atoms with Crippen molar-refractivity contribution in [2.75, 3.05) is 42.7 Å². The molecule has 0 heterocycles. The van der Waals surface area contributed by atoms with Gasteiger partial charge in [-0.2, -0.15) is 41.3 Å². The van der Waals surface area contributed by atoms with Gasteiger partial charge in [-0.1, -0.05) is 109 Å². The Balaban J connectivity index is -0.000000865. The van der Waals surface area contributed by atoms with Gasteiger partial charge in [0.25, 0.3) is 0 Å². The molecule has 372 valence electrons. The Morgan fingerprint density at radius 1 is 0.536 bits per heavy atom. The Morgan fingerprint density at radius 2 is 0.928 bits per heavy atom. The number of benzene rings is 4.